The third-order valence-electron chi connectivity index (χ3n) is 2.51. The molecule has 0 radical (unpaired) electrons. The Morgan fingerprint density at radius 2 is 2.10 bits per heavy atom. The maximum Gasteiger partial charge on any atom is 0.336 e. The molecule has 104 valence electrons. The van der Waals surface area contributed by atoms with Gasteiger partial charge in [-0.3, -0.25) is 0 Å². The second-order valence-electron chi connectivity index (χ2n) is 4.26. The van der Waals surface area contributed by atoms with Crippen LogP contribution in [0.4, 0.5) is 17.5 Å². The summed E-state index contributed by atoms with van der Waals surface area (Å²) >= 11 is 3.21. The number of nitrogens with one attached hydrogen (secondary N) is 1. The second kappa shape index (κ2) is 5.87. The predicted octanol–water partition coefficient (Wildman–Crippen LogP) is 2.75. The largest absolute Gasteiger partial charge is 0.478 e. The SMILES string of the molecule is CN(C)c1nccc(Nc2ccc(Br)c(C(=O)O)c2)n1. The first kappa shape index (κ1) is 14.3. The van der Waals surface area contributed by atoms with Crippen molar-refractivity contribution in [2.24, 2.45) is 0 Å². The first-order valence-electron chi connectivity index (χ1n) is 5.77. The van der Waals surface area contributed by atoms with Crippen LogP contribution in [0.15, 0.2) is 34.9 Å². The lowest BCUT2D eigenvalue weighted by Crippen LogP contribution is -2.13. The Morgan fingerprint density at radius 3 is 2.75 bits per heavy atom. The van der Waals surface area contributed by atoms with Gasteiger partial charge in [-0.25, -0.2) is 9.78 Å². The molecular formula is C13H13BrN4O2. The molecule has 0 spiro atoms. The maximum atomic E-state index is 11.1. The Hall–Kier alpha value is -2.15. The molecule has 0 fully saturated rings. The van der Waals surface area contributed by atoms with Gasteiger partial charge in [-0.15, -0.1) is 0 Å². The smallest absolute Gasteiger partial charge is 0.336 e. The summed E-state index contributed by atoms with van der Waals surface area (Å²) in [6.45, 7) is 0. The van der Waals surface area contributed by atoms with Crippen LogP contribution in [0.25, 0.3) is 0 Å². The molecule has 0 atom stereocenters. The standard InChI is InChI=1S/C13H13BrN4O2/c1-18(2)13-15-6-5-11(17-13)16-8-3-4-10(14)9(7-8)12(19)20/h3-7H,1-2H3,(H,19,20)(H,15,16,17). The van der Waals surface area contributed by atoms with Crippen molar-refractivity contribution in [2.75, 3.05) is 24.3 Å². The first-order valence-corrected chi connectivity index (χ1v) is 6.57. The van der Waals surface area contributed by atoms with Crippen molar-refractivity contribution < 1.29 is 9.90 Å². The van der Waals surface area contributed by atoms with E-state index in [0.717, 1.165) is 0 Å². The van der Waals surface area contributed by atoms with Gasteiger partial charge in [0, 0.05) is 30.5 Å². The number of aromatic nitrogens is 2. The molecule has 0 aliphatic rings. The molecule has 1 aromatic carbocycles. The Balaban J connectivity index is 2.28. The number of benzene rings is 1. The molecule has 0 saturated heterocycles. The van der Waals surface area contributed by atoms with Gasteiger partial charge in [-0.2, -0.15) is 4.98 Å². The van der Waals surface area contributed by atoms with E-state index in [9.17, 15) is 4.79 Å². The maximum absolute atomic E-state index is 11.1. The van der Waals surface area contributed by atoms with E-state index in [-0.39, 0.29) is 5.56 Å². The number of hydrogen-bond acceptors (Lipinski definition) is 5. The van der Waals surface area contributed by atoms with E-state index in [2.05, 4.69) is 31.2 Å². The average molecular weight is 337 g/mol. The number of carbonyl (C=O) groups is 1. The normalized spacial score (nSPS) is 10.2. The van der Waals surface area contributed by atoms with Crippen LogP contribution in [-0.2, 0) is 0 Å². The van der Waals surface area contributed by atoms with Gasteiger partial charge in [0.25, 0.3) is 0 Å². The highest BCUT2D eigenvalue weighted by molar-refractivity contribution is 9.10. The van der Waals surface area contributed by atoms with Gasteiger partial charge >= 0.3 is 5.97 Å². The predicted molar refractivity (Wildman–Crippen MR) is 80.7 cm³/mol. The lowest BCUT2D eigenvalue weighted by Gasteiger charge is -2.12. The number of anilines is 3. The minimum atomic E-state index is -0.989. The molecular weight excluding hydrogens is 324 g/mol. The molecule has 20 heavy (non-hydrogen) atoms. The fourth-order valence-electron chi connectivity index (χ4n) is 1.55. The zero-order valence-electron chi connectivity index (χ0n) is 11.0. The van der Waals surface area contributed by atoms with E-state index >= 15 is 0 Å². The van der Waals surface area contributed by atoms with Crippen LogP contribution in [0.3, 0.4) is 0 Å². The van der Waals surface area contributed by atoms with E-state index in [0.29, 0.717) is 21.9 Å². The Labute approximate surface area is 124 Å². The highest BCUT2D eigenvalue weighted by Gasteiger charge is 2.09. The molecule has 0 saturated carbocycles. The molecule has 1 aromatic heterocycles. The first-order chi connectivity index (χ1) is 9.47. The molecule has 0 bridgehead atoms. The Bertz CT molecular complexity index is 646. The van der Waals surface area contributed by atoms with E-state index in [1.165, 1.54) is 0 Å². The number of rotatable bonds is 4. The number of carboxylic acids is 1. The van der Waals surface area contributed by atoms with E-state index in [1.54, 1.807) is 35.4 Å². The van der Waals surface area contributed by atoms with Crippen molar-refractivity contribution in [1.29, 1.82) is 0 Å². The second-order valence-corrected chi connectivity index (χ2v) is 5.12. The summed E-state index contributed by atoms with van der Waals surface area (Å²) in [5, 5.41) is 12.1. The highest BCUT2D eigenvalue weighted by Crippen LogP contribution is 2.23. The van der Waals surface area contributed by atoms with Crippen LogP contribution in [-0.4, -0.2) is 35.1 Å². The summed E-state index contributed by atoms with van der Waals surface area (Å²) in [6.07, 6.45) is 1.64. The number of hydrogen-bond donors (Lipinski definition) is 2. The zero-order valence-corrected chi connectivity index (χ0v) is 12.5. The summed E-state index contributed by atoms with van der Waals surface area (Å²) in [5.41, 5.74) is 0.839. The molecule has 1 heterocycles. The molecule has 0 amide bonds. The van der Waals surface area contributed by atoms with Crippen LogP contribution in [0.1, 0.15) is 10.4 Å². The van der Waals surface area contributed by atoms with E-state index in [4.69, 9.17) is 5.11 Å². The number of aromatic carboxylic acids is 1. The van der Waals surface area contributed by atoms with Gasteiger partial charge in [0.05, 0.1) is 5.56 Å². The lowest BCUT2D eigenvalue weighted by atomic mass is 10.2. The van der Waals surface area contributed by atoms with Crippen molar-refractivity contribution in [1.82, 2.24) is 9.97 Å². The molecule has 7 heteroatoms. The van der Waals surface area contributed by atoms with Crippen LogP contribution < -0.4 is 10.2 Å². The Morgan fingerprint density at radius 1 is 1.35 bits per heavy atom. The van der Waals surface area contributed by atoms with Crippen molar-refractivity contribution >= 4 is 39.4 Å². The monoisotopic (exact) mass is 336 g/mol. The summed E-state index contributed by atoms with van der Waals surface area (Å²) in [6, 6.07) is 6.72. The number of halogens is 1. The van der Waals surface area contributed by atoms with Gasteiger partial charge in [0.15, 0.2) is 0 Å². The summed E-state index contributed by atoms with van der Waals surface area (Å²) in [5.74, 6) is 0.185. The third kappa shape index (κ3) is 3.24. The quantitative estimate of drug-likeness (QED) is 0.893. The Kier molecular flexibility index (Phi) is 4.19. The van der Waals surface area contributed by atoms with Gasteiger partial charge in [-0.1, -0.05) is 0 Å². The molecule has 0 aliphatic heterocycles. The van der Waals surface area contributed by atoms with E-state index in [1.807, 2.05) is 14.1 Å². The van der Waals surface area contributed by atoms with Crippen LogP contribution in [0.5, 0.6) is 0 Å². The van der Waals surface area contributed by atoms with Crippen molar-refractivity contribution in [2.45, 2.75) is 0 Å². The minimum absolute atomic E-state index is 0.192. The van der Waals surface area contributed by atoms with E-state index < -0.39 is 5.97 Å². The van der Waals surface area contributed by atoms with Gasteiger partial charge < -0.3 is 15.3 Å². The molecule has 2 N–H and O–H groups in total. The van der Waals surface area contributed by atoms with Crippen molar-refractivity contribution in [3.63, 3.8) is 0 Å². The average Bonchev–Trinajstić information content (AvgIpc) is 2.41. The van der Waals surface area contributed by atoms with Gasteiger partial charge in [0.1, 0.15) is 5.82 Å². The molecule has 6 nitrogen and oxygen atoms in total. The van der Waals surface area contributed by atoms with Gasteiger partial charge in [0.2, 0.25) is 5.95 Å². The summed E-state index contributed by atoms with van der Waals surface area (Å²) in [7, 11) is 3.70. The topological polar surface area (TPSA) is 78.4 Å². The fraction of sp³-hybridized carbons (Fsp3) is 0.154. The molecule has 2 aromatic rings. The molecule has 0 unspecified atom stereocenters. The van der Waals surface area contributed by atoms with Crippen molar-refractivity contribution in [3.8, 4) is 0 Å². The van der Waals surface area contributed by atoms with Crippen molar-refractivity contribution in [3.05, 3.63) is 40.5 Å². The number of nitrogens with zero attached hydrogens (tertiary/aromatic N) is 3. The van der Waals surface area contributed by atoms with Crippen LogP contribution in [0.2, 0.25) is 0 Å². The fourth-order valence-corrected chi connectivity index (χ4v) is 1.96. The summed E-state index contributed by atoms with van der Waals surface area (Å²) < 4.78 is 0.534. The lowest BCUT2D eigenvalue weighted by molar-refractivity contribution is 0.0696. The van der Waals surface area contributed by atoms with Crippen LogP contribution >= 0.6 is 15.9 Å². The summed E-state index contributed by atoms with van der Waals surface area (Å²) in [4.78, 5) is 21.3. The number of carboxylic acid groups (broad SMARTS) is 1. The molecule has 2 rings (SSSR count). The van der Waals surface area contributed by atoms with Crippen LogP contribution in [0, 0.1) is 0 Å². The zero-order chi connectivity index (χ0) is 14.7. The minimum Gasteiger partial charge on any atom is -0.478 e. The highest BCUT2D eigenvalue weighted by atomic mass is 79.9. The molecule has 0 aliphatic carbocycles. The van der Waals surface area contributed by atoms with Gasteiger partial charge in [-0.05, 0) is 40.2 Å². The third-order valence-corrected chi connectivity index (χ3v) is 3.20.